The first-order valence-electron chi connectivity index (χ1n) is 5.42. The molecule has 0 saturated carbocycles. The molecule has 20 heavy (non-hydrogen) atoms. The number of nitrogens with one attached hydrogen (secondary N) is 1. The van der Waals surface area contributed by atoms with Crippen molar-refractivity contribution in [2.75, 3.05) is 11.8 Å². The molecule has 0 aliphatic heterocycles. The highest BCUT2D eigenvalue weighted by atomic mass is 32.2. The number of aromatic carboxylic acids is 1. The third-order valence-corrected chi connectivity index (χ3v) is 5.33. The molecule has 6 nitrogen and oxygen atoms in total. The first kappa shape index (κ1) is 14.4. The predicted octanol–water partition coefficient (Wildman–Crippen LogP) is 2.26. The van der Waals surface area contributed by atoms with E-state index in [1.807, 2.05) is 0 Å². The van der Waals surface area contributed by atoms with Crippen LogP contribution in [0.4, 0.5) is 5.69 Å². The van der Waals surface area contributed by atoms with Crippen molar-refractivity contribution in [2.45, 2.75) is 4.21 Å². The summed E-state index contributed by atoms with van der Waals surface area (Å²) in [6.07, 6.45) is 0. The summed E-state index contributed by atoms with van der Waals surface area (Å²) >= 11 is 0.696. The van der Waals surface area contributed by atoms with Crippen molar-refractivity contribution < 1.29 is 23.1 Å². The molecule has 1 heterocycles. The summed E-state index contributed by atoms with van der Waals surface area (Å²) in [7, 11) is -2.32. The van der Waals surface area contributed by atoms with Crippen molar-refractivity contribution in [1.82, 2.24) is 0 Å². The smallest absolute Gasteiger partial charge is 0.345 e. The number of carboxylic acids is 1. The molecular formula is C12H11NO5S2. The van der Waals surface area contributed by atoms with Crippen molar-refractivity contribution >= 4 is 33.0 Å². The van der Waals surface area contributed by atoms with Gasteiger partial charge in [0.2, 0.25) is 0 Å². The minimum atomic E-state index is -3.80. The summed E-state index contributed by atoms with van der Waals surface area (Å²) < 4.78 is 31.5. The summed E-state index contributed by atoms with van der Waals surface area (Å²) in [5.41, 5.74) is 0.342. The summed E-state index contributed by atoms with van der Waals surface area (Å²) in [5, 5.41) is 8.80. The Morgan fingerprint density at radius 1 is 1.30 bits per heavy atom. The zero-order valence-corrected chi connectivity index (χ0v) is 12.0. The lowest BCUT2D eigenvalue weighted by molar-refractivity contribution is 0.0702. The molecule has 0 spiro atoms. The van der Waals surface area contributed by atoms with Crippen LogP contribution in [-0.4, -0.2) is 26.6 Å². The maximum absolute atomic E-state index is 12.1. The molecule has 0 aliphatic carbocycles. The van der Waals surface area contributed by atoms with Gasteiger partial charge in [-0.25, -0.2) is 13.2 Å². The Hall–Kier alpha value is -2.06. The summed E-state index contributed by atoms with van der Waals surface area (Å²) in [4.78, 5) is 10.7. The summed E-state index contributed by atoms with van der Waals surface area (Å²) in [6.45, 7) is 0. The molecule has 2 N–H and O–H groups in total. The van der Waals surface area contributed by atoms with Crippen LogP contribution in [0.15, 0.2) is 40.6 Å². The van der Waals surface area contributed by atoms with Crippen molar-refractivity contribution in [3.05, 3.63) is 41.3 Å². The Kier molecular flexibility index (Phi) is 3.96. The minimum Gasteiger partial charge on any atom is -0.497 e. The normalized spacial score (nSPS) is 11.1. The van der Waals surface area contributed by atoms with Crippen LogP contribution in [0.3, 0.4) is 0 Å². The van der Waals surface area contributed by atoms with E-state index in [9.17, 15) is 13.2 Å². The van der Waals surface area contributed by atoms with Crippen molar-refractivity contribution in [3.8, 4) is 5.75 Å². The van der Waals surface area contributed by atoms with Gasteiger partial charge < -0.3 is 9.84 Å². The molecule has 1 aromatic heterocycles. The number of anilines is 1. The molecular weight excluding hydrogens is 302 g/mol. The van der Waals surface area contributed by atoms with Gasteiger partial charge in [-0.05, 0) is 24.3 Å². The van der Waals surface area contributed by atoms with E-state index in [0.29, 0.717) is 22.8 Å². The first-order chi connectivity index (χ1) is 9.42. The Morgan fingerprint density at radius 3 is 2.65 bits per heavy atom. The maximum atomic E-state index is 12.1. The number of ether oxygens (including phenoxy) is 1. The fraction of sp³-hybridized carbons (Fsp3) is 0.0833. The molecule has 0 atom stereocenters. The third-order valence-electron chi connectivity index (χ3n) is 2.38. The van der Waals surface area contributed by atoms with Crippen LogP contribution in [0.25, 0.3) is 0 Å². The quantitative estimate of drug-likeness (QED) is 0.883. The number of hydrogen-bond donors (Lipinski definition) is 2. The fourth-order valence-electron chi connectivity index (χ4n) is 1.47. The Bertz CT molecular complexity index is 736. The molecule has 8 heteroatoms. The third kappa shape index (κ3) is 3.09. The second-order valence-corrected chi connectivity index (χ2v) is 6.75. The molecule has 106 valence electrons. The van der Waals surface area contributed by atoms with Gasteiger partial charge in [0.05, 0.1) is 12.8 Å². The van der Waals surface area contributed by atoms with E-state index in [-0.39, 0.29) is 9.09 Å². The van der Waals surface area contributed by atoms with Gasteiger partial charge in [-0.2, -0.15) is 0 Å². The number of methoxy groups -OCH3 is 1. The van der Waals surface area contributed by atoms with Crippen LogP contribution in [0.5, 0.6) is 5.75 Å². The molecule has 0 aliphatic rings. The number of sulfonamides is 1. The number of benzene rings is 1. The molecule has 2 aromatic rings. The Morgan fingerprint density at radius 2 is 2.05 bits per heavy atom. The lowest BCUT2D eigenvalue weighted by Crippen LogP contribution is -2.11. The van der Waals surface area contributed by atoms with Gasteiger partial charge in [0.1, 0.15) is 14.8 Å². The molecule has 0 unspecified atom stereocenters. The van der Waals surface area contributed by atoms with Crippen LogP contribution < -0.4 is 9.46 Å². The molecule has 0 amide bonds. The van der Waals surface area contributed by atoms with E-state index in [2.05, 4.69) is 4.72 Å². The molecule has 0 bridgehead atoms. The van der Waals surface area contributed by atoms with E-state index < -0.39 is 16.0 Å². The van der Waals surface area contributed by atoms with Crippen LogP contribution in [0, 0.1) is 0 Å². The number of thiophene rings is 1. The van der Waals surface area contributed by atoms with Gasteiger partial charge in [-0.1, -0.05) is 6.07 Å². The highest BCUT2D eigenvalue weighted by Crippen LogP contribution is 2.25. The summed E-state index contributed by atoms with van der Waals surface area (Å²) in [6, 6.07) is 8.96. The number of rotatable bonds is 5. The zero-order valence-electron chi connectivity index (χ0n) is 10.4. The van der Waals surface area contributed by atoms with Gasteiger partial charge in [-0.15, -0.1) is 11.3 Å². The van der Waals surface area contributed by atoms with Crippen molar-refractivity contribution in [2.24, 2.45) is 0 Å². The first-order valence-corrected chi connectivity index (χ1v) is 7.72. The van der Waals surface area contributed by atoms with E-state index in [0.717, 1.165) is 0 Å². The lowest BCUT2D eigenvalue weighted by Gasteiger charge is -2.07. The molecule has 2 rings (SSSR count). The maximum Gasteiger partial charge on any atom is 0.345 e. The van der Waals surface area contributed by atoms with Crippen LogP contribution in [0.1, 0.15) is 9.67 Å². The van der Waals surface area contributed by atoms with E-state index in [1.54, 1.807) is 18.2 Å². The van der Waals surface area contributed by atoms with Gasteiger partial charge in [0.25, 0.3) is 10.0 Å². The van der Waals surface area contributed by atoms with Crippen LogP contribution >= 0.6 is 11.3 Å². The van der Waals surface area contributed by atoms with Crippen molar-refractivity contribution in [3.63, 3.8) is 0 Å². The average Bonchev–Trinajstić information content (AvgIpc) is 2.89. The number of carbonyl (C=O) groups is 1. The molecule has 0 saturated heterocycles. The highest BCUT2D eigenvalue weighted by molar-refractivity contribution is 7.94. The topological polar surface area (TPSA) is 92.7 Å². The number of hydrogen-bond acceptors (Lipinski definition) is 5. The standard InChI is InChI=1S/C12H11NO5S2/c1-18-9-4-2-3-8(7-9)13-20(16,17)11-6-5-10(19-11)12(14)15/h2-7,13H,1H3,(H,14,15). The fourth-order valence-corrected chi connectivity index (χ4v) is 3.67. The number of carboxylic acid groups (broad SMARTS) is 1. The molecule has 0 radical (unpaired) electrons. The molecule has 0 fully saturated rings. The largest absolute Gasteiger partial charge is 0.497 e. The van der Waals surface area contributed by atoms with Gasteiger partial charge in [0, 0.05) is 6.07 Å². The van der Waals surface area contributed by atoms with Gasteiger partial charge in [0.15, 0.2) is 0 Å². The predicted molar refractivity (Wildman–Crippen MR) is 75.1 cm³/mol. The minimum absolute atomic E-state index is 0.0315. The SMILES string of the molecule is COc1cccc(NS(=O)(=O)c2ccc(C(=O)O)s2)c1. The summed E-state index contributed by atoms with van der Waals surface area (Å²) in [5.74, 6) is -0.638. The Balaban J connectivity index is 2.27. The average molecular weight is 313 g/mol. The van der Waals surface area contributed by atoms with Gasteiger partial charge >= 0.3 is 5.97 Å². The van der Waals surface area contributed by atoms with Crippen LogP contribution in [0.2, 0.25) is 0 Å². The van der Waals surface area contributed by atoms with E-state index in [1.165, 1.54) is 25.3 Å². The van der Waals surface area contributed by atoms with Gasteiger partial charge in [-0.3, -0.25) is 4.72 Å². The lowest BCUT2D eigenvalue weighted by atomic mass is 10.3. The second-order valence-electron chi connectivity index (χ2n) is 3.76. The van der Waals surface area contributed by atoms with E-state index in [4.69, 9.17) is 9.84 Å². The van der Waals surface area contributed by atoms with Crippen LogP contribution in [-0.2, 0) is 10.0 Å². The highest BCUT2D eigenvalue weighted by Gasteiger charge is 2.19. The van der Waals surface area contributed by atoms with Crippen molar-refractivity contribution in [1.29, 1.82) is 0 Å². The second kappa shape index (κ2) is 5.51. The van der Waals surface area contributed by atoms with E-state index >= 15 is 0 Å². The zero-order chi connectivity index (χ0) is 14.8. The molecule has 1 aromatic carbocycles. The monoisotopic (exact) mass is 313 g/mol. The Labute approximate surface area is 119 Å².